The Morgan fingerprint density at radius 2 is 0.786 bits per heavy atom. The highest BCUT2D eigenvalue weighted by Gasteiger charge is 2.35. The lowest BCUT2D eigenvalue weighted by molar-refractivity contribution is -0.563. The van der Waals surface area contributed by atoms with Crippen molar-refractivity contribution in [1.82, 2.24) is 9.80 Å². The Morgan fingerprint density at radius 3 is 0.929 bits per heavy atom. The molecular weight excluding hydrogens is 356 g/mol. The van der Waals surface area contributed by atoms with E-state index < -0.39 is 12.2 Å². The summed E-state index contributed by atoms with van der Waals surface area (Å²) >= 11 is 0. The zero-order valence-corrected chi connectivity index (χ0v) is 19.7. The number of methoxy groups -OCH3 is 2. The Balaban J connectivity index is -0.0000000730. The fraction of sp³-hybridized carbons (Fsp3) is 1.00. The second-order valence-corrected chi connectivity index (χ2v) is 6.50. The maximum atomic E-state index is 11.6. The van der Waals surface area contributed by atoms with Gasteiger partial charge in [-0.3, -0.25) is 0 Å². The first-order valence-corrected chi connectivity index (χ1v) is 9.70. The number of nitrogens with zero attached hydrogens (tertiary/aromatic N) is 2. The molecule has 0 aliphatic heterocycles. The standard InChI is InChI=1S/C10H18O4.2C3H9N.2C2H6.2CH4/c1-13-5-3-7-9(11)8(10(7)12)4-6-14-2;2*1-4(2)3;2*1-2;;/h7-10H,3-6H2,1-2H3;2*1-3H3;2*1-2H3;2*1H4/q-2;;;;;;. The van der Waals surface area contributed by atoms with Crippen LogP contribution in [0.5, 0.6) is 0 Å². The van der Waals surface area contributed by atoms with Gasteiger partial charge in [-0.15, -0.1) is 12.2 Å². The van der Waals surface area contributed by atoms with Crippen LogP contribution in [0.3, 0.4) is 0 Å². The largest absolute Gasteiger partial charge is 0.852 e. The second-order valence-electron chi connectivity index (χ2n) is 6.50. The summed E-state index contributed by atoms with van der Waals surface area (Å²) in [5, 5.41) is 23.1. The first kappa shape index (κ1) is 42.0. The first-order valence-electron chi connectivity index (χ1n) is 9.70. The molecule has 1 aliphatic rings. The van der Waals surface area contributed by atoms with E-state index in [0.717, 1.165) is 0 Å². The van der Waals surface area contributed by atoms with Crippen LogP contribution in [0.4, 0.5) is 0 Å². The van der Waals surface area contributed by atoms with Gasteiger partial charge >= 0.3 is 0 Å². The first-order chi connectivity index (χ1) is 12.2. The van der Waals surface area contributed by atoms with Crippen molar-refractivity contribution in [2.45, 2.75) is 67.6 Å². The molecule has 0 atom stereocenters. The van der Waals surface area contributed by atoms with E-state index in [1.54, 1.807) is 14.2 Å². The lowest BCUT2D eigenvalue weighted by Crippen LogP contribution is -2.67. The molecule has 0 saturated heterocycles. The highest BCUT2D eigenvalue weighted by molar-refractivity contribution is 4.95. The molecule has 1 fully saturated rings. The van der Waals surface area contributed by atoms with Crippen LogP contribution in [0.15, 0.2) is 0 Å². The van der Waals surface area contributed by atoms with E-state index in [1.807, 2.05) is 79.8 Å². The monoisotopic (exact) mass is 412 g/mol. The molecule has 0 aromatic carbocycles. The molecule has 1 rings (SSSR count). The summed E-state index contributed by atoms with van der Waals surface area (Å²) in [5.41, 5.74) is 0. The molecule has 0 spiro atoms. The van der Waals surface area contributed by atoms with Crippen LogP contribution in [0, 0.1) is 11.8 Å². The molecule has 0 heterocycles. The Kier molecular flexibility index (Phi) is 47.2. The van der Waals surface area contributed by atoms with Crippen LogP contribution in [-0.4, -0.2) is 91.7 Å². The van der Waals surface area contributed by atoms with E-state index >= 15 is 0 Å². The van der Waals surface area contributed by atoms with Gasteiger partial charge in [0.2, 0.25) is 0 Å². The Bertz CT molecular complexity index is 205. The van der Waals surface area contributed by atoms with E-state index in [1.165, 1.54) is 0 Å². The van der Waals surface area contributed by atoms with Crippen molar-refractivity contribution >= 4 is 0 Å². The molecule has 0 amide bonds. The van der Waals surface area contributed by atoms with Crippen molar-refractivity contribution in [2.24, 2.45) is 11.8 Å². The zero-order valence-electron chi connectivity index (χ0n) is 19.7. The van der Waals surface area contributed by atoms with Gasteiger partial charge in [-0.2, -0.15) is 0 Å². The molecule has 1 aliphatic carbocycles. The summed E-state index contributed by atoms with van der Waals surface area (Å²) in [6.45, 7) is 9.03. The maximum absolute atomic E-state index is 11.6. The van der Waals surface area contributed by atoms with Crippen molar-refractivity contribution in [1.29, 1.82) is 0 Å². The Morgan fingerprint density at radius 1 is 0.607 bits per heavy atom. The van der Waals surface area contributed by atoms with Crippen LogP contribution in [-0.2, 0) is 9.47 Å². The number of hydrogen-bond acceptors (Lipinski definition) is 6. The second kappa shape index (κ2) is 31.5. The number of ether oxygens (including phenoxy) is 2. The van der Waals surface area contributed by atoms with Gasteiger partial charge in [-0.1, -0.05) is 54.4 Å². The molecule has 6 nitrogen and oxygen atoms in total. The predicted octanol–water partition coefficient (Wildman–Crippen LogP) is 2.44. The van der Waals surface area contributed by atoms with Crippen LogP contribution in [0.2, 0.25) is 0 Å². The normalized spacial score (nSPS) is 21.4. The minimum atomic E-state index is -0.706. The topological polar surface area (TPSA) is 71.1 Å². The van der Waals surface area contributed by atoms with E-state index in [-0.39, 0.29) is 26.7 Å². The van der Waals surface area contributed by atoms with Gasteiger partial charge in [0.05, 0.1) is 0 Å². The van der Waals surface area contributed by atoms with Crippen LogP contribution < -0.4 is 10.2 Å². The third kappa shape index (κ3) is 28.0. The molecule has 6 heteroatoms. The van der Waals surface area contributed by atoms with Crippen molar-refractivity contribution < 1.29 is 19.7 Å². The fourth-order valence-corrected chi connectivity index (χ4v) is 2.03. The molecule has 1 saturated carbocycles. The molecule has 0 aromatic rings. The maximum Gasteiger partial charge on any atom is 0.0464 e. The Hall–Kier alpha value is -0.240. The minimum Gasteiger partial charge on any atom is -0.852 e. The van der Waals surface area contributed by atoms with Crippen molar-refractivity contribution in [3.63, 3.8) is 0 Å². The summed E-state index contributed by atoms with van der Waals surface area (Å²) in [4.78, 5) is 4.00. The third-order valence-corrected chi connectivity index (χ3v) is 3.00. The number of rotatable bonds is 6. The van der Waals surface area contributed by atoms with Gasteiger partial charge in [0.1, 0.15) is 0 Å². The molecule has 0 N–H and O–H groups in total. The van der Waals surface area contributed by atoms with E-state index in [9.17, 15) is 10.2 Å². The van der Waals surface area contributed by atoms with Crippen molar-refractivity contribution in [2.75, 3.05) is 69.7 Å². The summed E-state index contributed by atoms with van der Waals surface area (Å²) in [6, 6.07) is 0. The molecule has 0 radical (unpaired) electrons. The highest BCUT2D eigenvalue weighted by atomic mass is 16.5. The molecule has 28 heavy (non-hydrogen) atoms. The summed E-state index contributed by atoms with van der Waals surface area (Å²) in [6.07, 6.45) is -0.212. The molecule has 0 bridgehead atoms. The summed E-state index contributed by atoms with van der Waals surface area (Å²) in [7, 11) is 15.2. The summed E-state index contributed by atoms with van der Waals surface area (Å²) in [5.74, 6) is -0.478. The quantitative estimate of drug-likeness (QED) is 0.667. The molecule has 0 aromatic heterocycles. The minimum absolute atomic E-state index is 0. The molecular formula is C22H56N2O4-2. The SMILES string of the molecule is C.C.CC.CC.CN(C)C.CN(C)C.COCCC1C([O-])C(CCOC)C1[O-]. The van der Waals surface area contributed by atoms with Crippen molar-refractivity contribution in [3.8, 4) is 0 Å². The lowest BCUT2D eigenvalue weighted by Gasteiger charge is -2.61. The lowest BCUT2D eigenvalue weighted by atomic mass is 9.66. The van der Waals surface area contributed by atoms with Crippen LogP contribution >= 0.6 is 0 Å². The van der Waals surface area contributed by atoms with Gasteiger partial charge in [0.15, 0.2) is 0 Å². The number of hydrogen-bond donors (Lipinski definition) is 0. The van der Waals surface area contributed by atoms with Gasteiger partial charge < -0.3 is 29.5 Å². The average Bonchev–Trinajstić information content (AvgIpc) is 2.58. The van der Waals surface area contributed by atoms with Gasteiger partial charge in [0.25, 0.3) is 0 Å². The van der Waals surface area contributed by atoms with Gasteiger partial charge in [0, 0.05) is 27.4 Å². The smallest absolute Gasteiger partial charge is 0.0464 e. The third-order valence-electron chi connectivity index (χ3n) is 3.00. The molecule has 180 valence electrons. The average molecular weight is 413 g/mol. The van der Waals surface area contributed by atoms with Gasteiger partial charge in [-0.05, 0) is 55.1 Å². The highest BCUT2D eigenvalue weighted by Crippen LogP contribution is 2.35. The van der Waals surface area contributed by atoms with E-state index in [0.29, 0.717) is 26.1 Å². The van der Waals surface area contributed by atoms with Crippen molar-refractivity contribution in [3.05, 3.63) is 0 Å². The van der Waals surface area contributed by atoms with E-state index in [2.05, 4.69) is 0 Å². The summed E-state index contributed by atoms with van der Waals surface area (Å²) < 4.78 is 9.72. The van der Waals surface area contributed by atoms with Crippen LogP contribution in [0.1, 0.15) is 55.4 Å². The Labute approximate surface area is 179 Å². The predicted molar refractivity (Wildman–Crippen MR) is 123 cm³/mol. The zero-order chi connectivity index (χ0) is 21.7. The molecule has 0 unspecified atom stereocenters. The van der Waals surface area contributed by atoms with Gasteiger partial charge in [-0.25, -0.2) is 0 Å². The van der Waals surface area contributed by atoms with Crippen LogP contribution in [0.25, 0.3) is 0 Å². The fourth-order valence-electron chi connectivity index (χ4n) is 2.03. The van der Waals surface area contributed by atoms with E-state index in [4.69, 9.17) is 9.47 Å².